The second-order valence-corrected chi connectivity index (χ2v) is 7.84. The molecular weight excluding hydrogens is 318 g/mol. The molecule has 3 heteroatoms. The first-order valence-electron chi connectivity index (χ1n) is 9.82. The quantitative estimate of drug-likeness (QED) is 0.543. The van der Waals surface area contributed by atoms with E-state index < -0.39 is 11.6 Å². The number of fused-ring (bicyclic) bond motifs is 1. The summed E-state index contributed by atoms with van der Waals surface area (Å²) in [6.07, 6.45) is 14.3. The first kappa shape index (κ1) is 18.4. The van der Waals surface area contributed by atoms with Crippen molar-refractivity contribution in [3.8, 4) is 5.75 Å². The lowest BCUT2D eigenvalue weighted by Crippen LogP contribution is -2.30. The molecule has 3 rings (SSSR count). The maximum Gasteiger partial charge on any atom is 0.190 e. The maximum atomic E-state index is 14.0. The summed E-state index contributed by atoms with van der Waals surface area (Å²) in [5.41, 5.74) is 0.805. The summed E-state index contributed by atoms with van der Waals surface area (Å²) in [5.74, 6) is 1.09. The van der Waals surface area contributed by atoms with Gasteiger partial charge >= 0.3 is 0 Å². The van der Waals surface area contributed by atoms with E-state index in [9.17, 15) is 8.78 Å². The van der Waals surface area contributed by atoms with Crippen molar-refractivity contribution in [3.05, 3.63) is 41.5 Å². The van der Waals surface area contributed by atoms with Gasteiger partial charge in [-0.2, -0.15) is 0 Å². The van der Waals surface area contributed by atoms with Crippen LogP contribution >= 0.6 is 0 Å². The van der Waals surface area contributed by atoms with Gasteiger partial charge in [-0.05, 0) is 86.3 Å². The summed E-state index contributed by atoms with van der Waals surface area (Å²) in [7, 11) is 1.31. The molecule has 0 N–H and O–H groups in total. The van der Waals surface area contributed by atoms with Gasteiger partial charge in [0, 0.05) is 0 Å². The van der Waals surface area contributed by atoms with Crippen LogP contribution in [0.5, 0.6) is 5.75 Å². The molecule has 0 saturated heterocycles. The van der Waals surface area contributed by atoms with Gasteiger partial charge in [-0.25, -0.2) is 8.78 Å². The molecule has 2 aliphatic carbocycles. The lowest BCUT2D eigenvalue weighted by atomic mass is 9.64. The van der Waals surface area contributed by atoms with Gasteiger partial charge in [-0.15, -0.1) is 0 Å². The van der Waals surface area contributed by atoms with Crippen molar-refractivity contribution in [2.75, 3.05) is 7.11 Å². The molecule has 1 nitrogen and oxygen atoms in total. The van der Waals surface area contributed by atoms with E-state index in [1.807, 2.05) is 0 Å². The van der Waals surface area contributed by atoms with E-state index in [0.29, 0.717) is 5.92 Å². The van der Waals surface area contributed by atoms with E-state index in [0.717, 1.165) is 30.2 Å². The summed E-state index contributed by atoms with van der Waals surface area (Å²) in [5, 5.41) is 0. The van der Waals surface area contributed by atoms with Crippen LogP contribution < -0.4 is 4.74 Å². The first-order valence-corrected chi connectivity index (χ1v) is 9.82. The highest BCUT2D eigenvalue weighted by molar-refractivity contribution is 5.33. The Morgan fingerprint density at radius 1 is 1.04 bits per heavy atom. The van der Waals surface area contributed by atoms with Gasteiger partial charge in [0.1, 0.15) is 0 Å². The van der Waals surface area contributed by atoms with E-state index in [1.165, 1.54) is 57.8 Å². The van der Waals surface area contributed by atoms with Crippen LogP contribution in [0.25, 0.3) is 0 Å². The van der Waals surface area contributed by atoms with Gasteiger partial charge in [0.25, 0.3) is 0 Å². The molecule has 138 valence electrons. The number of methoxy groups -OCH3 is 1. The number of allylic oxidation sites excluding steroid dienone is 2. The van der Waals surface area contributed by atoms with Gasteiger partial charge in [-0.1, -0.05) is 25.5 Å². The average Bonchev–Trinajstić information content (AvgIpc) is 2.61. The molecule has 2 saturated carbocycles. The fourth-order valence-electron chi connectivity index (χ4n) is 4.87. The van der Waals surface area contributed by atoms with Crippen LogP contribution in [0.1, 0.15) is 69.8 Å². The smallest absolute Gasteiger partial charge is 0.190 e. The molecular formula is C22H30F2O. The normalized spacial score (nSPS) is 29.6. The summed E-state index contributed by atoms with van der Waals surface area (Å²) in [6.45, 7) is 2.22. The van der Waals surface area contributed by atoms with E-state index in [1.54, 1.807) is 0 Å². The van der Waals surface area contributed by atoms with Crippen molar-refractivity contribution in [2.45, 2.75) is 64.2 Å². The second-order valence-electron chi connectivity index (χ2n) is 7.84. The minimum atomic E-state index is -0.579. The summed E-state index contributed by atoms with van der Waals surface area (Å²) in [4.78, 5) is 0. The van der Waals surface area contributed by atoms with Crippen LogP contribution in [-0.2, 0) is 0 Å². The molecule has 4 atom stereocenters. The fraction of sp³-hybridized carbons (Fsp3) is 0.636. The third kappa shape index (κ3) is 4.24. The highest BCUT2D eigenvalue weighted by Crippen LogP contribution is 2.48. The van der Waals surface area contributed by atoms with Gasteiger partial charge < -0.3 is 4.74 Å². The summed E-state index contributed by atoms with van der Waals surface area (Å²) >= 11 is 0. The second kappa shape index (κ2) is 8.33. The Bertz CT molecular complexity index is 587. The van der Waals surface area contributed by atoms with Crippen molar-refractivity contribution in [3.63, 3.8) is 0 Å². The highest BCUT2D eigenvalue weighted by atomic mass is 19.1. The lowest BCUT2D eigenvalue weighted by Gasteiger charge is -2.42. The molecule has 0 spiro atoms. The monoisotopic (exact) mass is 348 g/mol. The predicted octanol–water partition coefficient (Wildman–Crippen LogP) is 6.63. The van der Waals surface area contributed by atoms with Crippen LogP contribution in [0.4, 0.5) is 8.78 Å². The van der Waals surface area contributed by atoms with Crippen molar-refractivity contribution in [1.29, 1.82) is 0 Å². The third-order valence-corrected chi connectivity index (χ3v) is 6.21. The number of ether oxygens (including phenoxy) is 1. The Kier molecular flexibility index (Phi) is 6.14. The predicted molar refractivity (Wildman–Crippen MR) is 97.9 cm³/mol. The van der Waals surface area contributed by atoms with E-state index >= 15 is 0 Å². The summed E-state index contributed by atoms with van der Waals surface area (Å²) < 4.78 is 32.9. The van der Waals surface area contributed by atoms with Gasteiger partial charge in [-0.3, -0.25) is 0 Å². The number of hydrogen-bond acceptors (Lipinski definition) is 1. The molecule has 2 fully saturated rings. The van der Waals surface area contributed by atoms with Crippen LogP contribution in [0.2, 0.25) is 0 Å². The van der Waals surface area contributed by atoms with Crippen LogP contribution in [0.15, 0.2) is 24.3 Å². The minimum Gasteiger partial charge on any atom is -0.491 e. The molecule has 0 aromatic heterocycles. The molecule has 4 unspecified atom stereocenters. The molecule has 0 radical (unpaired) electrons. The molecule has 1 aromatic carbocycles. The molecule has 0 aliphatic heterocycles. The minimum absolute atomic E-state index is 0.267. The Labute approximate surface area is 150 Å². The van der Waals surface area contributed by atoms with Gasteiger partial charge in [0.15, 0.2) is 17.4 Å². The molecule has 0 amide bonds. The van der Waals surface area contributed by atoms with Crippen molar-refractivity contribution in [1.82, 2.24) is 0 Å². The number of rotatable bonds is 5. The van der Waals surface area contributed by atoms with Gasteiger partial charge in [0.2, 0.25) is 0 Å². The largest absolute Gasteiger partial charge is 0.491 e. The Hall–Kier alpha value is -1.38. The molecule has 25 heavy (non-hydrogen) atoms. The van der Waals surface area contributed by atoms with Crippen molar-refractivity contribution < 1.29 is 13.5 Å². The Balaban J connectivity index is 1.63. The Morgan fingerprint density at radius 3 is 2.40 bits per heavy atom. The van der Waals surface area contributed by atoms with Crippen LogP contribution in [0, 0.1) is 29.4 Å². The molecule has 0 heterocycles. The van der Waals surface area contributed by atoms with E-state index in [4.69, 9.17) is 4.74 Å². The third-order valence-electron chi connectivity index (χ3n) is 6.21. The molecule has 0 bridgehead atoms. The number of halogens is 2. The number of hydrogen-bond donors (Lipinski definition) is 0. The highest BCUT2D eigenvalue weighted by Gasteiger charge is 2.35. The van der Waals surface area contributed by atoms with Crippen molar-refractivity contribution >= 4 is 0 Å². The standard InChI is InChI=1S/C22H30F2O/c1-3-4-5-6-15-7-8-17-12-18(10-9-16(17)11-15)19-13-20(23)22(25-2)21(24)14-19/h5-6,13-18H,3-4,7-12H2,1-2H3. The zero-order valence-corrected chi connectivity index (χ0v) is 15.4. The zero-order valence-electron chi connectivity index (χ0n) is 15.4. The van der Waals surface area contributed by atoms with E-state index in [-0.39, 0.29) is 11.7 Å². The van der Waals surface area contributed by atoms with Crippen molar-refractivity contribution in [2.24, 2.45) is 17.8 Å². The summed E-state index contributed by atoms with van der Waals surface area (Å²) in [6, 6.07) is 2.96. The lowest BCUT2D eigenvalue weighted by molar-refractivity contribution is 0.133. The maximum absolute atomic E-state index is 14.0. The zero-order chi connectivity index (χ0) is 17.8. The van der Waals surface area contributed by atoms with E-state index in [2.05, 4.69) is 19.1 Å². The average molecular weight is 348 g/mol. The fourth-order valence-corrected chi connectivity index (χ4v) is 4.87. The van der Waals surface area contributed by atoms with Crippen LogP contribution in [-0.4, -0.2) is 7.11 Å². The topological polar surface area (TPSA) is 9.23 Å². The SMILES string of the molecule is CCCC=CC1CCC2CC(c3cc(F)c(OC)c(F)c3)CCC2C1. The van der Waals surface area contributed by atoms with Gasteiger partial charge in [0.05, 0.1) is 7.11 Å². The Morgan fingerprint density at radius 2 is 1.72 bits per heavy atom. The van der Waals surface area contributed by atoms with Crippen LogP contribution in [0.3, 0.4) is 0 Å². The molecule has 1 aromatic rings. The number of benzene rings is 1. The number of unbranched alkanes of at least 4 members (excludes halogenated alkanes) is 1. The molecule has 2 aliphatic rings. The first-order chi connectivity index (χ1) is 12.1.